The van der Waals surface area contributed by atoms with Crippen molar-refractivity contribution in [1.82, 2.24) is 20.1 Å². The number of rotatable bonds is 8. The molecule has 0 aliphatic rings. The van der Waals surface area contributed by atoms with E-state index in [1.165, 1.54) is 4.68 Å². The Morgan fingerprint density at radius 3 is 2.68 bits per heavy atom. The minimum atomic E-state index is -0.269. The van der Waals surface area contributed by atoms with Crippen molar-refractivity contribution in [3.63, 3.8) is 0 Å². The van der Waals surface area contributed by atoms with Crippen LogP contribution in [0.4, 0.5) is 0 Å². The molecule has 0 radical (unpaired) electrons. The summed E-state index contributed by atoms with van der Waals surface area (Å²) in [6, 6.07) is 12.6. The highest BCUT2D eigenvalue weighted by atomic mass is 16.4. The van der Waals surface area contributed by atoms with E-state index in [2.05, 4.69) is 20.6 Å². The van der Waals surface area contributed by atoms with Crippen LogP contribution < -0.4 is 16.6 Å². The van der Waals surface area contributed by atoms with Gasteiger partial charge >= 0.3 is 0 Å². The summed E-state index contributed by atoms with van der Waals surface area (Å²) in [6.45, 7) is 2.45. The van der Waals surface area contributed by atoms with Crippen molar-refractivity contribution in [3.8, 4) is 0 Å². The van der Waals surface area contributed by atoms with E-state index in [9.17, 15) is 9.59 Å². The highest BCUT2D eigenvalue weighted by Gasteiger charge is 2.13. The minimum absolute atomic E-state index is 0.0167. The fraction of sp³-hybridized carbons (Fsp3) is 0.227. The first-order valence-electron chi connectivity index (χ1n) is 9.77. The molecule has 1 amide bonds. The highest BCUT2D eigenvalue weighted by Crippen LogP contribution is 2.06. The average Bonchev–Trinajstić information content (AvgIpc) is 2.80. The fourth-order valence-corrected chi connectivity index (χ4v) is 3.03. The molecule has 2 heterocycles. The van der Waals surface area contributed by atoms with Crippen LogP contribution in [-0.4, -0.2) is 31.7 Å². The largest absolute Gasteiger partial charge is 0.409 e. The van der Waals surface area contributed by atoms with Crippen LogP contribution in [0.1, 0.15) is 27.9 Å². The molecule has 9 nitrogen and oxygen atoms in total. The van der Waals surface area contributed by atoms with Crippen LogP contribution in [-0.2, 0) is 30.7 Å². The first-order chi connectivity index (χ1) is 15.0. The molecule has 9 heteroatoms. The second kappa shape index (κ2) is 10.1. The second-order valence-electron chi connectivity index (χ2n) is 7.04. The van der Waals surface area contributed by atoms with Gasteiger partial charge in [0.15, 0.2) is 5.84 Å². The van der Waals surface area contributed by atoms with Gasteiger partial charge in [-0.05, 0) is 30.2 Å². The van der Waals surface area contributed by atoms with Gasteiger partial charge in [0.25, 0.3) is 5.56 Å². The molecule has 160 valence electrons. The van der Waals surface area contributed by atoms with Crippen molar-refractivity contribution in [1.29, 1.82) is 0 Å². The number of pyridine rings is 1. The summed E-state index contributed by atoms with van der Waals surface area (Å²) < 4.78 is 1.37. The van der Waals surface area contributed by atoms with Crippen molar-refractivity contribution in [2.24, 2.45) is 10.9 Å². The maximum absolute atomic E-state index is 12.8. The lowest BCUT2D eigenvalue weighted by Gasteiger charge is -2.10. The summed E-state index contributed by atoms with van der Waals surface area (Å²) in [7, 11) is 0. The zero-order valence-electron chi connectivity index (χ0n) is 17.2. The van der Waals surface area contributed by atoms with Crippen molar-refractivity contribution >= 4 is 11.7 Å². The Kier molecular flexibility index (Phi) is 7.10. The van der Waals surface area contributed by atoms with Crippen LogP contribution in [0.3, 0.4) is 0 Å². The van der Waals surface area contributed by atoms with Crippen molar-refractivity contribution in [3.05, 3.63) is 93.2 Å². The fourth-order valence-electron chi connectivity index (χ4n) is 3.03. The Labute approximate surface area is 179 Å². The number of carbonyl (C=O) groups excluding carboxylic acids is 1. The predicted octanol–water partition coefficient (Wildman–Crippen LogP) is 1.14. The lowest BCUT2D eigenvalue weighted by atomic mass is 10.1. The van der Waals surface area contributed by atoms with Gasteiger partial charge in [-0.25, -0.2) is 4.68 Å². The maximum atomic E-state index is 12.8. The standard InChI is InChI=1S/C22H24N6O3/c1-15-13-26-28(11-9-18-4-2-3-10-24-18)22(30)19(15)12-20(29)25-14-16-5-7-17(8-6-16)21(23)27-31/h2-8,10,13,31H,9,11-12,14H2,1H3,(H2,23,27)(H,25,29). The molecule has 1 aromatic carbocycles. The number of amides is 1. The van der Waals surface area contributed by atoms with Crippen LogP contribution in [0, 0.1) is 6.92 Å². The molecule has 0 bridgehead atoms. The molecule has 0 atom stereocenters. The van der Waals surface area contributed by atoms with Crippen molar-refractivity contribution in [2.75, 3.05) is 0 Å². The quantitative estimate of drug-likeness (QED) is 0.216. The van der Waals surface area contributed by atoms with E-state index in [1.807, 2.05) is 18.2 Å². The van der Waals surface area contributed by atoms with Gasteiger partial charge in [0.1, 0.15) is 0 Å². The zero-order chi connectivity index (χ0) is 22.2. The summed E-state index contributed by atoms with van der Waals surface area (Å²) in [5.74, 6) is -0.244. The van der Waals surface area contributed by atoms with Crippen molar-refractivity contribution < 1.29 is 10.0 Å². The number of nitrogens with two attached hydrogens (primary N) is 1. The monoisotopic (exact) mass is 420 g/mol. The van der Waals surface area contributed by atoms with E-state index in [0.29, 0.717) is 36.2 Å². The van der Waals surface area contributed by atoms with Crippen LogP contribution in [0.15, 0.2) is 64.8 Å². The molecule has 0 spiro atoms. The minimum Gasteiger partial charge on any atom is -0.409 e. The van der Waals surface area contributed by atoms with Gasteiger partial charge in [-0.15, -0.1) is 0 Å². The molecule has 0 aliphatic carbocycles. The molecule has 4 N–H and O–H groups in total. The molecule has 0 fully saturated rings. The molecule has 0 unspecified atom stereocenters. The van der Waals surface area contributed by atoms with E-state index in [0.717, 1.165) is 11.3 Å². The Balaban J connectivity index is 1.62. The number of hydrogen-bond donors (Lipinski definition) is 3. The smallest absolute Gasteiger partial charge is 0.270 e. The molecular weight excluding hydrogens is 396 g/mol. The van der Waals surface area contributed by atoms with Crippen LogP contribution >= 0.6 is 0 Å². The summed E-state index contributed by atoms with van der Waals surface area (Å²) in [6.07, 6.45) is 3.86. The van der Waals surface area contributed by atoms with E-state index >= 15 is 0 Å². The highest BCUT2D eigenvalue weighted by molar-refractivity contribution is 5.96. The lowest BCUT2D eigenvalue weighted by Crippen LogP contribution is -2.32. The average molecular weight is 420 g/mol. The first kappa shape index (κ1) is 21.7. The SMILES string of the molecule is Cc1cnn(CCc2ccccn2)c(=O)c1CC(=O)NCc1ccc(/C(N)=N/O)cc1. The molecular formula is C22H24N6O3. The summed E-state index contributed by atoms with van der Waals surface area (Å²) in [4.78, 5) is 29.5. The Morgan fingerprint density at radius 1 is 1.23 bits per heavy atom. The van der Waals surface area contributed by atoms with E-state index in [-0.39, 0.29) is 23.7 Å². The number of nitrogens with one attached hydrogen (secondary N) is 1. The Hall–Kier alpha value is -4.01. The van der Waals surface area contributed by atoms with Gasteiger partial charge in [0, 0.05) is 36.0 Å². The lowest BCUT2D eigenvalue weighted by molar-refractivity contribution is -0.120. The summed E-state index contributed by atoms with van der Waals surface area (Å²) >= 11 is 0. The predicted molar refractivity (Wildman–Crippen MR) is 116 cm³/mol. The van der Waals surface area contributed by atoms with Crippen LogP contribution in [0.2, 0.25) is 0 Å². The molecule has 0 aliphatic heterocycles. The van der Waals surface area contributed by atoms with Gasteiger partial charge in [-0.1, -0.05) is 35.5 Å². The number of benzene rings is 1. The number of aromatic nitrogens is 3. The maximum Gasteiger partial charge on any atom is 0.270 e. The van der Waals surface area contributed by atoms with E-state index in [1.54, 1.807) is 43.6 Å². The van der Waals surface area contributed by atoms with Crippen LogP contribution in [0.25, 0.3) is 0 Å². The molecule has 31 heavy (non-hydrogen) atoms. The summed E-state index contributed by atoms with van der Waals surface area (Å²) in [5.41, 5.74) is 8.67. The third-order valence-electron chi connectivity index (χ3n) is 4.85. The number of oxime groups is 1. The molecule has 3 aromatic rings. The number of aryl methyl sites for hydroxylation is 3. The van der Waals surface area contributed by atoms with E-state index < -0.39 is 0 Å². The third-order valence-corrected chi connectivity index (χ3v) is 4.85. The summed E-state index contributed by atoms with van der Waals surface area (Å²) in [5, 5.41) is 18.7. The topological polar surface area (TPSA) is 135 Å². The van der Waals surface area contributed by atoms with Gasteiger partial charge in [0.05, 0.1) is 19.2 Å². The third kappa shape index (κ3) is 5.75. The normalized spacial score (nSPS) is 11.3. The van der Waals surface area contributed by atoms with Crippen LogP contribution in [0.5, 0.6) is 0 Å². The number of hydrogen-bond acceptors (Lipinski definition) is 6. The van der Waals surface area contributed by atoms with Gasteiger partial charge < -0.3 is 16.3 Å². The van der Waals surface area contributed by atoms with Gasteiger partial charge in [-0.2, -0.15) is 5.10 Å². The van der Waals surface area contributed by atoms with Gasteiger partial charge in [0.2, 0.25) is 5.91 Å². The second-order valence-corrected chi connectivity index (χ2v) is 7.04. The first-order valence-corrected chi connectivity index (χ1v) is 9.77. The number of carbonyl (C=O) groups is 1. The molecule has 3 rings (SSSR count). The Morgan fingerprint density at radius 2 is 2.00 bits per heavy atom. The molecule has 2 aromatic heterocycles. The number of nitrogens with zero attached hydrogens (tertiary/aromatic N) is 4. The zero-order valence-corrected chi connectivity index (χ0v) is 17.2. The van der Waals surface area contributed by atoms with Crippen molar-refractivity contribution in [2.45, 2.75) is 32.9 Å². The molecule has 0 saturated carbocycles. The number of amidine groups is 1. The Bertz CT molecular complexity index is 1120. The van der Waals surface area contributed by atoms with E-state index in [4.69, 9.17) is 10.9 Å². The van der Waals surface area contributed by atoms with Gasteiger partial charge in [-0.3, -0.25) is 14.6 Å². The molecule has 0 saturated heterocycles.